The average molecular weight is 383 g/mol. The van der Waals surface area contributed by atoms with Gasteiger partial charge in [-0.1, -0.05) is 71.4 Å². The predicted molar refractivity (Wildman–Crippen MR) is 106 cm³/mol. The number of aliphatic hydroxyl groups excluding tert-OH is 2. The van der Waals surface area contributed by atoms with Gasteiger partial charge in [0.1, 0.15) is 5.78 Å². The summed E-state index contributed by atoms with van der Waals surface area (Å²) in [6.45, 7) is 5.97. The summed E-state index contributed by atoms with van der Waals surface area (Å²) in [6, 6.07) is 0. The van der Waals surface area contributed by atoms with Crippen molar-refractivity contribution in [1.82, 2.24) is 0 Å². The Balaban J connectivity index is 2.68. The molecule has 0 spiro atoms. The lowest BCUT2D eigenvalue weighted by Crippen LogP contribution is -2.41. The van der Waals surface area contributed by atoms with Crippen LogP contribution in [0, 0.1) is 10.8 Å². The lowest BCUT2D eigenvalue weighted by molar-refractivity contribution is -0.137. The number of aliphatic carboxylic acids is 1. The minimum absolute atomic E-state index is 0.0770. The highest BCUT2D eigenvalue weighted by molar-refractivity contribution is 5.89. The molecule has 0 aromatic carbocycles. The number of carboxylic acids is 1. The number of unbranched alkanes of at least 4 members (excludes halogenated alkanes) is 5. The molecule has 0 heterocycles. The maximum absolute atomic E-state index is 12.7. The summed E-state index contributed by atoms with van der Waals surface area (Å²) in [6.07, 6.45) is 10.4. The van der Waals surface area contributed by atoms with Crippen LogP contribution in [0.4, 0.5) is 0 Å². The van der Waals surface area contributed by atoms with Crippen molar-refractivity contribution in [2.24, 2.45) is 10.8 Å². The standard InChI is InChI=1S/C22H38O5/c1-4-5-8-11-17(23)13-15-22(3)19(25)16-18(24)21(22,2)14-10-7-6-9-12-20(26)27/h13,15,17,19,23,25H,4-12,14,16H2,1-3H3,(H,26,27). The Morgan fingerprint density at radius 2 is 1.85 bits per heavy atom. The molecule has 1 aliphatic carbocycles. The van der Waals surface area contributed by atoms with Gasteiger partial charge in [0.2, 0.25) is 0 Å². The second-order valence-electron chi connectivity index (χ2n) is 8.49. The molecule has 0 bridgehead atoms. The zero-order valence-corrected chi connectivity index (χ0v) is 17.2. The number of carbonyl (C=O) groups excluding carboxylic acids is 1. The zero-order valence-electron chi connectivity index (χ0n) is 17.2. The van der Waals surface area contributed by atoms with Gasteiger partial charge in [-0.3, -0.25) is 9.59 Å². The molecule has 27 heavy (non-hydrogen) atoms. The highest BCUT2D eigenvalue weighted by Crippen LogP contribution is 2.54. The molecule has 0 saturated heterocycles. The monoisotopic (exact) mass is 382 g/mol. The first-order chi connectivity index (χ1) is 12.7. The van der Waals surface area contributed by atoms with E-state index in [-0.39, 0.29) is 18.6 Å². The predicted octanol–water partition coefficient (Wildman–Crippen LogP) is 4.26. The van der Waals surface area contributed by atoms with Crippen molar-refractivity contribution in [2.75, 3.05) is 0 Å². The summed E-state index contributed by atoms with van der Waals surface area (Å²) in [5.74, 6) is -0.695. The van der Waals surface area contributed by atoms with Gasteiger partial charge in [-0.15, -0.1) is 0 Å². The number of hydrogen-bond donors (Lipinski definition) is 3. The Morgan fingerprint density at radius 1 is 1.19 bits per heavy atom. The molecule has 4 unspecified atom stereocenters. The molecule has 5 heteroatoms. The van der Waals surface area contributed by atoms with Gasteiger partial charge >= 0.3 is 5.97 Å². The molecule has 4 atom stereocenters. The normalized spacial score (nSPS) is 29.5. The van der Waals surface area contributed by atoms with E-state index in [1.807, 2.05) is 19.9 Å². The third-order valence-electron chi connectivity index (χ3n) is 6.46. The molecule has 156 valence electrons. The van der Waals surface area contributed by atoms with Crippen LogP contribution in [0.15, 0.2) is 12.2 Å². The van der Waals surface area contributed by atoms with Crippen LogP contribution in [0.1, 0.15) is 91.4 Å². The van der Waals surface area contributed by atoms with Crippen molar-refractivity contribution in [3.63, 3.8) is 0 Å². The van der Waals surface area contributed by atoms with Crippen molar-refractivity contribution in [3.05, 3.63) is 12.2 Å². The van der Waals surface area contributed by atoms with Gasteiger partial charge in [-0.2, -0.15) is 0 Å². The third kappa shape index (κ3) is 6.42. The summed E-state index contributed by atoms with van der Waals surface area (Å²) in [4.78, 5) is 23.2. The van der Waals surface area contributed by atoms with E-state index in [4.69, 9.17) is 5.11 Å². The Labute approximate surface area is 163 Å². The first kappa shape index (κ1) is 23.8. The fraction of sp³-hybridized carbons (Fsp3) is 0.818. The van der Waals surface area contributed by atoms with Gasteiger partial charge in [0.15, 0.2) is 0 Å². The lowest BCUT2D eigenvalue weighted by atomic mass is 9.64. The van der Waals surface area contributed by atoms with Crippen LogP contribution < -0.4 is 0 Å². The van der Waals surface area contributed by atoms with Crippen LogP contribution in [0.25, 0.3) is 0 Å². The number of hydrogen-bond acceptors (Lipinski definition) is 4. The first-order valence-electron chi connectivity index (χ1n) is 10.5. The van der Waals surface area contributed by atoms with Crippen LogP contribution in [0.5, 0.6) is 0 Å². The lowest BCUT2D eigenvalue weighted by Gasteiger charge is -2.40. The van der Waals surface area contributed by atoms with E-state index in [1.54, 1.807) is 6.08 Å². The van der Waals surface area contributed by atoms with Crippen molar-refractivity contribution < 1.29 is 24.9 Å². The second kappa shape index (κ2) is 11.0. The average Bonchev–Trinajstić information content (AvgIpc) is 2.77. The van der Waals surface area contributed by atoms with Gasteiger partial charge in [0.25, 0.3) is 0 Å². The second-order valence-corrected chi connectivity index (χ2v) is 8.49. The summed E-state index contributed by atoms with van der Waals surface area (Å²) in [5.41, 5.74) is -1.34. The third-order valence-corrected chi connectivity index (χ3v) is 6.46. The molecule has 3 N–H and O–H groups in total. The molecular formula is C22H38O5. The van der Waals surface area contributed by atoms with Gasteiger partial charge in [-0.05, 0) is 19.3 Å². The van der Waals surface area contributed by atoms with Crippen LogP contribution in [0.3, 0.4) is 0 Å². The molecule has 1 fully saturated rings. The van der Waals surface area contributed by atoms with E-state index < -0.39 is 29.0 Å². The molecule has 1 rings (SSSR count). The number of ketones is 1. The van der Waals surface area contributed by atoms with Crippen molar-refractivity contribution in [2.45, 2.75) is 104 Å². The van der Waals surface area contributed by atoms with Crippen LogP contribution in [-0.2, 0) is 9.59 Å². The quantitative estimate of drug-likeness (QED) is 0.327. The topological polar surface area (TPSA) is 94.8 Å². The van der Waals surface area contributed by atoms with Gasteiger partial charge < -0.3 is 15.3 Å². The highest BCUT2D eigenvalue weighted by Gasteiger charge is 2.57. The summed E-state index contributed by atoms with van der Waals surface area (Å²) in [7, 11) is 0. The molecule has 0 aromatic heterocycles. The van der Waals surface area contributed by atoms with Crippen molar-refractivity contribution >= 4 is 11.8 Å². The molecular weight excluding hydrogens is 344 g/mol. The van der Waals surface area contributed by atoms with Crippen molar-refractivity contribution in [3.8, 4) is 0 Å². The maximum Gasteiger partial charge on any atom is 0.303 e. The number of Topliss-reactive ketones (excluding diaryl/α,β-unsaturated/α-hetero) is 1. The Morgan fingerprint density at radius 3 is 2.48 bits per heavy atom. The molecule has 0 amide bonds. The van der Waals surface area contributed by atoms with Crippen LogP contribution in [0.2, 0.25) is 0 Å². The molecule has 1 aliphatic rings. The van der Waals surface area contributed by atoms with E-state index in [1.165, 1.54) is 0 Å². The summed E-state index contributed by atoms with van der Waals surface area (Å²) in [5, 5.41) is 29.4. The van der Waals surface area contributed by atoms with E-state index in [9.17, 15) is 19.8 Å². The van der Waals surface area contributed by atoms with Gasteiger partial charge in [0.05, 0.1) is 12.2 Å². The fourth-order valence-electron chi connectivity index (χ4n) is 4.10. The molecule has 5 nitrogen and oxygen atoms in total. The Hall–Kier alpha value is -1.20. The minimum Gasteiger partial charge on any atom is -0.481 e. The molecule has 0 aliphatic heterocycles. The van der Waals surface area contributed by atoms with Crippen LogP contribution >= 0.6 is 0 Å². The smallest absolute Gasteiger partial charge is 0.303 e. The molecule has 0 radical (unpaired) electrons. The van der Waals surface area contributed by atoms with E-state index in [0.29, 0.717) is 19.3 Å². The van der Waals surface area contributed by atoms with E-state index in [2.05, 4.69) is 6.92 Å². The highest BCUT2D eigenvalue weighted by atomic mass is 16.4. The van der Waals surface area contributed by atoms with Crippen LogP contribution in [-0.4, -0.2) is 39.3 Å². The van der Waals surface area contributed by atoms with E-state index >= 15 is 0 Å². The Bertz CT molecular complexity index is 515. The largest absolute Gasteiger partial charge is 0.481 e. The fourth-order valence-corrected chi connectivity index (χ4v) is 4.10. The van der Waals surface area contributed by atoms with Gasteiger partial charge in [-0.25, -0.2) is 0 Å². The maximum atomic E-state index is 12.7. The summed E-state index contributed by atoms with van der Waals surface area (Å²) < 4.78 is 0. The number of rotatable bonds is 13. The van der Waals surface area contributed by atoms with Crippen molar-refractivity contribution in [1.29, 1.82) is 0 Å². The zero-order chi connectivity index (χ0) is 20.5. The molecule has 1 saturated carbocycles. The number of aliphatic hydroxyl groups is 2. The number of carbonyl (C=O) groups is 2. The molecule has 0 aromatic rings. The SMILES string of the molecule is CCCCCC(O)C=CC1(C)C(O)CC(=O)C1(C)CCCCCCC(=O)O. The number of carboxylic acid groups (broad SMARTS) is 1. The Kier molecular flexibility index (Phi) is 9.68. The minimum atomic E-state index is -0.772. The first-order valence-corrected chi connectivity index (χ1v) is 10.5. The van der Waals surface area contributed by atoms with Gasteiger partial charge in [0, 0.05) is 23.7 Å². The van der Waals surface area contributed by atoms with E-state index in [0.717, 1.165) is 38.5 Å². The summed E-state index contributed by atoms with van der Waals surface area (Å²) >= 11 is 0.